The van der Waals surface area contributed by atoms with Gasteiger partial charge in [-0.1, -0.05) is 13.8 Å². The first-order valence-electron chi connectivity index (χ1n) is 7.12. The van der Waals surface area contributed by atoms with Gasteiger partial charge in [-0.05, 0) is 31.0 Å². The second kappa shape index (κ2) is 7.36. The molecule has 0 aliphatic rings. The number of thioether (sulfide) groups is 1. The zero-order chi connectivity index (χ0) is 15.2. The molecule has 0 bridgehead atoms. The third-order valence-corrected chi connectivity index (χ3v) is 3.95. The summed E-state index contributed by atoms with van der Waals surface area (Å²) in [7, 11) is 0. The number of rotatable bonds is 7. The highest BCUT2D eigenvalue weighted by Crippen LogP contribution is 2.31. The third-order valence-electron chi connectivity index (χ3n) is 2.89. The molecule has 0 amide bonds. The fourth-order valence-corrected chi connectivity index (χ4v) is 2.88. The lowest BCUT2D eigenvalue weighted by Crippen LogP contribution is -2.09. The molecule has 1 heterocycles. The zero-order valence-corrected chi connectivity index (χ0v) is 13.6. The Bertz CT molecular complexity index is 583. The molecule has 1 aromatic heterocycles. The number of nitrogens with two attached hydrogens (primary N) is 1. The van der Waals surface area contributed by atoms with E-state index in [2.05, 4.69) is 23.9 Å². The lowest BCUT2D eigenvalue weighted by Gasteiger charge is -2.10. The molecule has 0 spiro atoms. The van der Waals surface area contributed by atoms with Crippen LogP contribution in [0.15, 0.2) is 29.4 Å². The number of ether oxygens (including phenoxy) is 1. The summed E-state index contributed by atoms with van der Waals surface area (Å²) >= 11 is 1.66. The molecule has 0 radical (unpaired) electrons. The highest BCUT2D eigenvalue weighted by Gasteiger charge is 2.09. The molecule has 0 aliphatic carbocycles. The quantitative estimate of drug-likeness (QED) is 0.628. The second-order valence-corrected chi connectivity index (χ2v) is 6.19. The van der Waals surface area contributed by atoms with E-state index in [9.17, 15) is 0 Å². The van der Waals surface area contributed by atoms with E-state index >= 15 is 0 Å². The number of nitrogens with zero attached hydrogens (tertiary/aromatic N) is 3. The Morgan fingerprint density at radius 1 is 1.38 bits per heavy atom. The predicted octanol–water partition coefficient (Wildman–Crippen LogP) is 3.21. The van der Waals surface area contributed by atoms with E-state index in [0.29, 0.717) is 12.5 Å². The van der Waals surface area contributed by atoms with E-state index < -0.39 is 0 Å². The molecular formula is C15H22N4OS. The number of hydrogen-bond acceptors (Lipinski definition) is 5. The first-order chi connectivity index (χ1) is 10.1. The van der Waals surface area contributed by atoms with Gasteiger partial charge >= 0.3 is 0 Å². The van der Waals surface area contributed by atoms with Gasteiger partial charge in [0.1, 0.15) is 17.9 Å². The van der Waals surface area contributed by atoms with Crippen molar-refractivity contribution in [2.75, 3.05) is 12.3 Å². The van der Waals surface area contributed by atoms with Crippen molar-refractivity contribution < 1.29 is 4.74 Å². The maximum atomic E-state index is 6.02. The van der Waals surface area contributed by atoms with E-state index in [1.54, 1.807) is 18.1 Å². The minimum atomic E-state index is 0.543. The van der Waals surface area contributed by atoms with Crippen LogP contribution in [0.3, 0.4) is 0 Å². The average Bonchev–Trinajstić information content (AvgIpc) is 2.86. The molecule has 0 saturated heterocycles. The molecule has 114 valence electrons. The summed E-state index contributed by atoms with van der Waals surface area (Å²) in [6.45, 7) is 7.84. The summed E-state index contributed by atoms with van der Waals surface area (Å²) in [6, 6.07) is 5.75. The van der Waals surface area contributed by atoms with Crippen LogP contribution in [0.4, 0.5) is 5.69 Å². The molecule has 0 unspecified atom stereocenters. The van der Waals surface area contributed by atoms with E-state index in [-0.39, 0.29) is 0 Å². The molecule has 0 aliphatic heterocycles. The Balaban J connectivity index is 2.06. The molecule has 0 saturated carbocycles. The molecule has 6 heteroatoms. The molecule has 0 atom stereocenters. The zero-order valence-electron chi connectivity index (χ0n) is 12.7. The Morgan fingerprint density at radius 2 is 2.19 bits per heavy atom. The van der Waals surface area contributed by atoms with Gasteiger partial charge in [0, 0.05) is 17.1 Å². The average molecular weight is 306 g/mol. The molecule has 1 aromatic carbocycles. The largest absolute Gasteiger partial charge is 0.494 e. The Morgan fingerprint density at radius 3 is 2.90 bits per heavy atom. The van der Waals surface area contributed by atoms with Gasteiger partial charge in [0.05, 0.1) is 12.4 Å². The van der Waals surface area contributed by atoms with Gasteiger partial charge < -0.3 is 10.5 Å². The summed E-state index contributed by atoms with van der Waals surface area (Å²) in [5.74, 6) is 3.10. The van der Waals surface area contributed by atoms with Crippen molar-refractivity contribution >= 4 is 17.4 Å². The molecule has 2 N–H and O–H groups in total. The first kappa shape index (κ1) is 15.7. The highest BCUT2D eigenvalue weighted by atomic mass is 32.2. The number of hydrogen-bond donors (Lipinski definition) is 1. The van der Waals surface area contributed by atoms with Crippen molar-refractivity contribution in [1.82, 2.24) is 14.8 Å². The number of benzene rings is 1. The predicted molar refractivity (Wildman–Crippen MR) is 86.4 cm³/mol. The third kappa shape index (κ3) is 4.39. The maximum Gasteiger partial charge on any atom is 0.138 e. The van der Waals surface area contributed by atoms with Crippen LogP contribution in [-0.2, 0) is 12.3 Å². The minimum absolute atomic E-state index is 0.543. The summed E-state index contributed by atoms with van der Waals surface area (Å²) in [5, 5.41) is 4.27. The first-order valence-corrected chi connectivity index (χ1v) is 8.10. The SMILES string of the molecule is CCOc1ccc(N)c(SCc2ncnn2CC(C)C)c1. The van der Waals surface area contributed by atoms with Crippen LogP contribution in [0.2, 0.25) is 0 Å². The van der Waals surface area contributed by atoms with E-state index in [0.717, 1.165) is 34.5 Å². The van der Waals surface area contributed by atoms with Crippen molar-refractivity contribution in [2.24, 2.45) is 5.92 Å². The molecule has 2 aromatic rings. The number of anilines is 1. The van der Waals surface area contributed by atoms with Gasteiger partial charge in [-0.25, -0.2) is 9.67 Å². The monoisotopic (exact) mass is 306 g/mol. The van der Waals surface area contributed by atoms with E-state index in [1.165, 1.54) is 0 Å². The van der Waals surface area contributed by atoms with Crippen molar-refractivity contribution in [1.29, 1.82) is 0 Å². The lowest BCUT2D eigenvalue weighted by atomic mass is 10.2. The van der Waals surface area contributed by atoms with Gasteiger partial charge in [0.15, 0.2) is 0 Å². The van der Waals surface area contributed by atoms with Crippen molar-refractivity contribution in [2.45, 2.75) is 38.0 Å². The fraction of sp³-hybridized carbons (Fsp3) is 0.467. The molecular weight excluding hydrogens is 284 g/mol. The van der Waals surface area contributed by atoms with Crippen LogP contribution in [0.25, 0.3) is 0 Å². The van der Waals surface area contributed by atoms with Crippen molar-refractivity contribution in [3.8, 4) is 5.75 Å². The van der Waals surface area contributed by atoms with E-state index in [4.69, 9.17) is 10.5 Å². The van der Waals surface area contributed by atoms with Crippen LogP contribution in [0.5, 0.6) is 5.75 Å². The summed E-state index contributed by atoms with van der Waals surface area (Å²) in [4.78, 5) is 5.35. The number of aromatic nitrogens is 3. The standard InChI is InChI=1S/C15H22N4OS/c1-4-20-12-5-6-13(16)14(7-12)21-9-15-17-10-18-19(15)8-11(2)3/h5-7,10-11H,4,8-9,16H2,1-3H3. The minimum Gasteiger partial charge on any atom is -0.494 e. The molecule has 21 heavy (non-hydrogen) atoms. The normalized spacial score (nSPS) is 11.0. The lowest BCUT2D eigenvalue weighted by molar-refractivity contribution is 0.339. The van der Waals surface area contributed by atoms with Crippen molar-refractivity contribution in [3.05, 3.63) is 30.4 Å². The topological polar surface area (TPSA) is 66.0 Å². The Labute approximate surface area is 129 Å². The maximum absolute atomic E-state index is 6.02. The summed E-state index contributed by atoms with van der Waals surface area (Å²) in [5.41, 5.74) is 6.79. The van der Waals surface area contributed by atoms with Gasteiger partial charge in [0.25, 0.3) is 0 Å². The Kier molecular flexibility index (Phi) is 5.50. The molecule has 5 nitrogen and oxygen atoms in total. The highest BCUT2D eigenvalue weighted by molar-refractivity contribution is 7.98. The van der Waals surface area contributed by atoms with Gasteiger partial charge in [-0.2, -0.15) is 5.10 Å². The van der Waals surface area contributed by atoms with Gasteiger partial charge in [0.2, 0.25) is 0 Å². The molecule has 0 fully saturated rings. The van der Waals surface area contributed by atoms with Crippen LogP contribution in [-0.4, -0.2) is 21.4 Å². The van der Waals surface area contributed by atoms with E-state index in [1.807, 2.05) is 29.8 Å². The fourth-order valence-electron chi connectivity index (χ4n) is 1.94. The van der Waals surface area contributed by atoms with Crippen LogP contribution in [0, 0.1) is 5.92 Å². The van der Waals surface area contributed by atoms with Gasteiger partial charge in [-0.15, -0.1) is 11.8 Å². The Hall–Kier alpha value is -1.69. The summed E-state index contributed by atoms with van der Waals surface area (Å²) < 4.78 is 7.47. The van der Waals surface area contributed by atoms with Gasteiger partial charge in [-0.3, -0.25) is 0 Å². The van der Waals surface area contributed by atoms with Crippen LogP contribution >= 0.6 is 11.8 Å². The van der Waals surface area contributed by atoms with Crippen molar-refractivity contribution in [3.63, 3.8) is 0 Å². The number of nitrogen functional groups attached to an aromatic ring is 1. The summed E-state index contributed by atoms with van der Waals surface area (Å²) in [6.07, 6.45) is 1.61. The second-order valence-electron chi connectivity index (χ2n) is 5.17. The van der Waals surface area contributed by atoms with Crippen LogP contribution in [0.1, 0.15) is 26.6 Å². The molecule has 2 rings (SSSR count). The smallest absolute Gasteiger partial charge is 0.138 e. The van der Waals surface area contributed by atoms with Crippen LogP contribution < -0.4 is 10.5 Å².